The van der Waals surface area contributed by atoms with Crippen LogP contribution in [0.25, 0.3) is 10.2 Å². The van der Waals surface area contributed by atoms with E-state index in [4.69, 9.17) is 0 Å². The van der Waals surface area contributed by atoms with E-state index in [-0.39, 0.29) is 18.9 Å². The standard InChI is InChI=1S/C13H14FN3OS/c14-8-5-10(15-6-8)13(18)16-7-12-17-9-3-1-2-4-11(9)19-12/h1-4,8,10,15H,5-7H2,(H,16,18). The van der Waals surface area contributed by atoms with E-state index in [0.717, 1.165) is 15.2 Å². The number of amides is 1. The Bertz CT molecular complexity index is 567. The lowest BCUT2D eigenvalue weighted by molar-refractivity contribution is -0.123. The van der Waals surface area contributed by atoms with Crippen LogP contribution in [0.5, 0.6) is 0 Å². The minimum Gasteiger partial charge on any atom is -0.348 e. The predicted octanol–water partition coefficient (Wildman–Crippen LogP) is 1.61. The van der Waals surface area contributed by atoms with Gasteiger partial charge in [-0.1, -0.05) is 12.1 Å². The normalized spacial score (nSPS) is 22.8. The molecule has 1 aliphatic heterocycles. The number of carbonyl (C=O) groups excluding carboxylic acids is 1. The summed E-state index contributed by atoms with van der Waals surface area (Å²) in [7, 11) is 0. The van der Waals surface area contributed by atoms with Crippen molar-refractivity contribution in [2.75, 3.05) is 6.54 Å². The van der Waals surface area contributed by atoms with E-state index in [2.05, 4.69) is 15.6 Å². The van der Waals surface area contributed by atoms with Gasteiger partial charge in [-0.25, -0.2) is 9.37 Å². The molecule has 1 aliphatic rings. The fraction of sp³-hybridized carbons (Fsp3) is 0.385. The van der Waals surface area contributed by atoms with E-state index >= 15 is 0 Å². The number of rotatable bonds is 3. The van der Waals surface area contributed by atoms with Crippen molar-refractivity contribution in [1.82, 2.24) is 15.6 Å². The van der Waals surface area contributed by atoms with Gasteiger partial charge in [0, 0.05) is 13.0 Å². The first-order chi connectivity index (χ1) is 9.22. The third kappa shape index (κ3) is 2.74. The van der Waals surface area contributed by atoms with Crippen LogP contribution in [0.4, 0.5) is 4.39 Å². The topological polar surface area (TPSA) is 54.0 Å². The number of nitrogens with one attached hydrogen (secondary N) is 2. The van der Waals surface area contributed by atoms with E-state index in [1.807, 2.05) is 24.3 Å². The summed E-state index contributed by atoms with van der Waals surface area (Å²) in [6, 6.07) is 7.44. The SMILES string of the molecule is O=C(NCc1nc2ccccc2s1)C1CC(F)CN1. The molecule has 6 heteroatoms. The van der Waals surface area contributed by atoms with E-state index in [1.54, 1.807) is 11.3 Å². The highest BCUT2D eigenvalue weighted by Crippen LogP contribution is 2.21. The quantitative estimate of drug-likeness (QED) is 0.897. The van der Waals surface area contributed by atoms with Gasteiger partial charge >= 0.3 is 0 Å². The van der Waals surface area contributed by atoms with Gasteiger partial charge in [0.15, 0.2) is 0 Å². The van der Waals surface area contributed by atoms with Crippen LogP contribution in [0.3, 0.4) is 0 Å². The Balaban J connectivity index is 1.61. The summed E-state index contributed by atoms with van der Waals surface area (Å²) in [5.74, 6) is -0.153. The van der Waals surface area contributed by atoms with Crippen LogP contribution in [0.2, 0.25) is 0 Å². The fourth-order valence-corrected chi connectivity index (χ4v) is 3.08. The lowest BCUT2D eigenvalue weighted by Crippen LogP contribution is -2.39. The molecule has 0 aliphatic carbocycles. The molecule has 100 valence electrons. The first-order valence-electron chi connectivity index (χ1n) is 6.22. The van der Waals surface area contributed by atoms with Gasteiger partial charge in [0.1, 0.15) is 11.2 Å². The van der Waals surface area contributed by atoms with Crippen LogP contribution in [0.1, 0.15) is 11.4 Å². The molecule has 2 unspecified atom stereocenters. The lowest BCUT2D eigenvalue weighted by Gasteiger charge is -2.09. The smallest absolute Gasteiger partial charge is 0.237 e. The molecule has 2 atom stereocenters. The lowest BCUT2D eigenvalue weighted by atomic mass is 10.2. The summed E-state index contributed by atoms with van der Waals surface area (Å²) >= 11 is 1.56. The Hall–Kier alpha value is -1.53. The van der Waals surface area contributed by atoms with Gasteiger partial charge < -0.3 is 10.6 Å². The molecular weight excluding hydrogens is 265 g/mol. The maximum atomic E-state index is 13.0. The Morgan fingerprint density at radius 3 is 3.11 bits per heavy atom. The highest BCUT2D eigenvalue weighted by atomic mass is 32.1. The Labute approximate surface area is 114 Å². The van der Waals surface area contributed by atoms with E-state index in [1.165, 1.54) is 0 Å². The van der Waals surface area contributed by atoms with Crippen LogP contribution in [-0.2, 0) is 11.3 Å². The van der Waals surface area contributed by atoms with Crippen LogP contribution >= 0.6 is 11.3 Å². The van der Waals surface area contributed by atoms with Gasteiger partial charge in [-0.3, -0.25) is 4.79 Å². The second-order valence-corrected chi connectivity index (χ2v) is 5.70. The second-order valence-electron chi connectivity index (χ2n) is 4.59. The van der Waals surface area contributed by atoms with Crippen molar-refractivity contribution in [2.24, 2.45) is 0 Å². The molecule has 1 aromatic heterocycles. The number of fused-ring (bicyclic) bond motifs is 1. The van der Waals surface area contributed by atoms with Crippen LogP contribution in [0, 0.1) is 0 Å². The monoisotopic (exact) mass is 279 g/mol. The number of para-hydroxylation sites is 1. The third-order valence-corrected chi connectivity index (χ3v) is 4.18. The summed E-state index contributed by atoms with van der Waals surface area (Å²) in [5, 5.41) is 6.53. The number of hydrogen-bond donors (Lipinski definition) is 2. The molecule has 1 saturated heterocycles. The largest absolute Gasteiger partial charge is 0.348 e. The summed E-state index contributed by atoms with van der Waals surface area (Å²) < 4.78 is 14.1. The first-order valence-corrected chi connectivity index (χ1v) is 7.03. The number of carbonyl (C=O) groups is 1. The molecule has 0 radical (unpaired) electrons. The fourth-order valence-electron chi connectivity index (χ4n) is 2.17. The number of hydrogen-bond acceptors (Lipinski definition) is 4. The molecule has 1 amide bonds. The molecule has 3 rings (SSSR count). The molecule has 19 heavy (non-hydrogen) atoms. The van der Waals surface area contributed by atoms with Crippen LogP contribution in [-0.4, -0.2) is 29.6 Å². The van der Waals surface area contributed by atoms with Gasteiger partial charge in [0.05, 0.1) is 22.8 Å². The second kappa shape index (κ2) is 5.22. The number of alkyl halides is 1. The summed E-state index contributed by atoms with van der Waals surface area (Å²) in [6.45, 7) is 0.659. The van der Waals surface area contributed by atoms with Crippen molar-refractivity contribution in [3.63, 3.8) is 0 Å². The van der Waals surface area contributed by atoms with E-state index < -0.39 is 12.2 Å². The highest BCUT2D eigenvalue weighted by molar-refractivity contribution is 7.18. The van der Waals surface area contributed by atoms with Gasteiger partial charge in [0.25, 0.3) is 0 Å². The van der Waals surface area contributed by atoms with Crippen LogP contribution < -0.4 is 10.6 Å². The van der Waals surface area contributed by atoms with Crippen molar-refractivity contribution >= 4 is 27.5 Å². The molecule has 1 aromatic carbocycles. The molecular formula is C13H14FN3OS. The number of thiazole rings is 1. The average Bonchev–Trinajstić information content (AvgIpc) is 3.01. The maximum absolute atomic E-state index is 13.0. The molecule has 0 spiro atoms. The third-order valence-electron chi connectivity index (χ3n) is 3.15. The van der Waals surface area contributed by atoms with Crippen molar-refractivity contribution in [1.29, 1.82) is 0 Å². The molecule has 1 fully saturated rings. The Kier molecular flexibility index (Phi) is 3.44. The minimum atomic E-state index is -0.918. The molecule has 4 nitrogen and oxygen atoms in total. The average molecular weight is 279 g/mol. The minimum absolute atomic E-state index is 0.153. The van der Waals surface area contributed by atoms with Crippen molar-refractivity contribution < 1.29 is 9.18 Å². The van der Waals surface area contributed by atoms with E-state index in [9.17, 15) is 9.18 Å². The van der Waals surface area contributed by atoms with Gasteiger partial charge in [0.2, 0.25) is 5.91 Å². The van der Waals surface area contributed by atoms with Crippen molar-refractivity contribution in [3.8, 4) is 0 Å². The van der Waals surface area contributed by atoms with E-state index in [0.29, 0.717) is 6.54 Å². The molecule has 2 aromatic rings. The highest BCUT2D eigenvalue weighted by Gasteiger charge is 2.28. The van der Waals surface area contributed by atoms with Gasteiger partial charge in [-0.05, 0) is 12.1 Å². The Morgan fingerprint density at radius 2 is 2.37 bits per heavy atom. The van der Waals surface area contributed by atoms with Gasteiger partial charge in [-0.15, -0.1) is 11.3 Å². The summed E-state index contributed by atoms with van der Waals surface area (Å²) in [5.41, 5.74) is 0.944. The summed E-state index contributed by atoms with van der Waals surface area (Å²) in [6.07, 6.45) is -0.663. The molecule has 2 N–H and O–H groups in total. The van der Waals surface area contributed by atoms with Crippen molar-refractivity contribution in [3.05, 3.63) is 29.3 Å². The first kappa shape index (κ1) is 12.5. The zero-order valence-corrected chi connectivity index (χ0v) is 11.0. The molecule has 0 saturated carbocycles. The number of halogens is 1. The van der Waals surface area contributed by atoms with Crippen LogP contribution in [0.15, 0.2) is 24.3 Å². The Morgan fingerprint density at radius 1 is 1.53 bits per heavy atom. The number of benzene rings is 1. The zero-order chi connectivity index (χ0) is 13.2. The maximum Gasteiger partial charge on any atom is 0.237 e. The molecule has 2 heterocycles. The van der Waals surface area contributed by atoms with Crippen molar-refractivity contribution in [2.45, 2.75) is 25.2 Å². The predicted molar refractivity (Wildman–Crippen MR) is 72.8 cm³/mol. The number of aromatic nitrogens is 1. The summed E-state index contributed by atoms with van der Waals surface area (Å²) in [4.78, 5) is 16.3. The molecule has 0 bridgehead atoms. The number of nitrogens with zero attached hydrogens (tertiary/aromatic N) is 1. The van der Waals surface area contributed by atoms with Gasteiger partial charge in [-0.2, -0.15) is 0 Å². The zero-order valence-electron chi connectivity index (χ0n) is 10.2.